The van der Waals surface area contributed by atoms with Crippen LogP contribution in [0.3, 0.4) is 0 Å². The van der Waals surface area contributed by atoms with E-state index in [0.717, 1.165) is 44.5 Å². The van der Waals surface area contributed by atoms with Crippen LogP contribution in [0.2, 0.25) is 0 Å². The van der Waals surface area contributed by atoms with Crippen LogP contribution >= 0.6 is 0 Å². The first kappa shape index (κ1) is 12.9. The van der Waals surface area contributed by atoms with Gasteiger partial charge in [-0.05, 0) is 37.8 Å². The molecule has 0 atom stereocenters. The largest absolute Gasteiger partial charge is 0.369 e. The van der Waals surface area contributed by atoms with Crippen molar-refractivity contribution in [1.29, 1.82) is 5.26 Å². The third kappa shape index (κ3) is 2.74. The third-order valence-electron chi connectivity index (χ3n) is 4.02. The Morgan fingerprint density at radius 1 is 1.35 bits per heavy atom. The van der Waals surface area contributed by atoms with Gasteiger partial charge in [0.1, 0.15) is 6.07 Å². The zero-order valence-electron chi connectivity index (χ0n) is 11.4. The smallest absolute Gasteiger partial charge is 0.223 e. The number of anilines is 1. The van der Waals surface area contributed by atoms with Crippen LogP contribution < -0.4 is 10.2 Å². The van der Waals surface area contributed by atoms with Gasteiger partial charge in [0.15, 0.2) is 5.69 Å². The minimum absolute atomic E-state index is 0.119. The number of nitriles is 1. The van der Waals surface area contributed by atoms with Crippen LogP contribution in [-0.4, -0.2) is 30.0 Å². The van der Waals surface area contributed by atoms with Crippen molar-refractivity contribution in [2.24, 2.45) is 5.92 Å². The summed E-state index contributed by atoms with van der Waals surface area (Å²) in [5.41, 5.74) is 1.35. The zero-order valence-corrected chi connectivity index (χ0v) is 11.4. The second kappa shape index (κ2) is 5.49. The van der Waals surface area contributed by atoms with Gasteiger partial charge in [-0.25, -0.2) is 4.98 Å². The van der Waals surface area contributed by atoms with Crippen LogP contribution in [0, 0.1) is 17.2 Å². The molecule has 0 radical (unpaired) electrons. The van der Waals surface area contributed by atoms with E-state index in [1.807, 2.05) is 12.1 Å². The maximum Gasteiger partial charge on any atom is 0.223 e. The fraction of sp³-hybridized carbons (Fsp3) is 0.533. The second-order valence-corrected chi connectivity index (χ2v) is 5.53. The molecule has 1 aliphatic carbocycles. The first-order chi connectivity index (χ1) is 9.78. The number of nitrogens with zero attached hydrogens (tertiary/aromatic N) is 3. The lowest BCUT2D eigenvalue weighted by Gasteiger charge is -2.33. The maximum atomic E-state index is 12.0. The number of carbonyl (C=O) groups excluding carboxylic acids is 1. The molecule has 1 aromatic heterocycles. The van der Waals surface area contributed by atoms with Gasteiger partial charge in [-0.1, -0.05) is 0 Å². The van der Waals surface area contributed by atoms with E-state index in [2.05, 4.69) is 21.3 Å². The van der Waals surface area contributed by atoms with Gasteiger partial charge in [0.25, 0.3) is 0 Å². The van der Waals surface area contributed by atoms with Crippen LogP contribution in [0.25, 0.3) is 0 Å². The standard InChI is InChI=1S/C15H18N4O/c16-10-13-14(2-1-7-17-13)19-8-5-11(6-9-19)15(20)18-12-3-4-12/h1-2,7,11-12H,3-6,8-9H2,(H,18,20). The lowest BCUT2D eigenvalue weighted by atomic mass is 9.95. The van der Waals surface area contributed by atoms with Gasteiger partial charge in [0.05, 0.1) is 5.69 Å². The molecule has 0 bridgehead atoms. The van der Waals surface area contributed by atoms with Crippen molar-refractivity contribution in [3.63, 3.8) is 0 Å². The molecule has 1 saturated carbocycles. The molecule has 2 heterocycles. The predicted molar refractivity (Wildman–Crippen MR) is 75.1 cm³/mol. The zero-order chi connectivity index (χ0) is 13.9. The fourth-order valence-corrected chi connectivity index (χ4v) is 2.67. The first-order valence-electron chi connectivity index (χ1n) is 7.18. The number of carbonyl (C=O) groups is 1. The molecule has 1 aliphatic heterocycles. The highest BCUT2D eigenvalue weighted by Crippen LogP contribution is 2.26. The molecule has 1 amide bonds. The minimum atomic E-state index is 0.119. The van der Waals surface area contributed by atoms with Gasteiger partial charge in [-0.2, -0.15) is 5.26 Å². The second-order valence-electron chi connectivity index (χ2n) is 5.53. The number of nitrogens with one attached hydrogen (secondary N) is 1. The molecule has 5 nitrogen and oxygen atoms in total. The highest BCUT2D eigenvalue weighted by molar-refractivity contribution is 5.79. The predicted octanol–water partition coefficient (Wildman–Crippen LogP) is 1.45. The van der Waals surface area contributed by atoms with E-state index in [1.165, 1.54) is 0 Å². The van der Waals surface area contributed by atoms with Gasteiger partial charge in [0, 0.05) is 31.2 Å². The van der Waals surface area contributed by atoms with Crippen LogP contribution in [0.15, 0.2) is 18.3 Å². The highest BCUT2D eigenvalue weighted by Gasteiger charge is 2.30. The minimum Gasteiger partial charge on any atom is -0.369 e. The number of aromatic nitrogens is 1. The molecule has 2 fully saturated rings. The highest BCUT2D eigenvalue weighted by atomic mass is 16.2. The van der Waals surface area contributed by atoms with Crippen LogP contribution in [0.5, 0.6) is 0 Å². The topological polar surface area (TPSA) is 69.0 Å². The molecule has 20 heavy (non-hydrogen) atoms. The van der Waals surface area contributed by atoms with Crippen molar-refractivity contribution < 1.29 is 4.79 Å². The van der Waals surface area contributed by atoms with E-state index in [-0.39, 0.29) is 11.8 Å². The molecular weight excluding hydrogens is 252 g/mol. The molecule has 3 rings (SSSR count). The molecule has 5 heteroatoms. The van der Waals surface area contributed by atoms with Crippen molar-refractivity contribution in [1.82, 2.24) is 10.3 Å². The van der Waals surface area contributed by atoms with Crippen LogP contribution in [0.1, 0.15) is 31.4 Å². The SMILES string of the molecule is N#Cc1ncccc1N1CCC(C(=O)NC2CC2)CC1. The van der Waals surface area contributed by atoms with E-state index in [4.69, 9.17) is 5.26 Å². The van der Waals surface area contributed by atoms with Gasteiger partial charge >= 0.3 is 0 Å². The Labute approximate surface area is 118 Å². The van der Waals surface area contributed by atoms with Crippen molar-refractivity contribution in [2.75, 3.05) is 18.0 Å². The summed E-state index contributed by atoms with van der Waals surface area (Å²) in [6, 6.07) is 6.34. The van der Waals surface area contributed by atoms with Gasteiger partial charge in [-0.15, -0.1) is 0 Å². The quantitative estimate of drug-likeness (QED) is 0.902. The molecule has 0 aromatic carbocycles. The Kier molecular flexibility index (Phi) is 3.55. The molecule has 1 N–H and O–H groups in total. The van der Waals surface area contributed by atoms with E-state index in [0.29, 0.717) is 11.7 Å². The van der Waals surface area contributed by atoms with Crippen molar-refractivity contribution in [3.05, 3.63) is 24.0 Å². The Morgan fingerprint density at radius 3 is 2.75 bits per heavy atom. The average molecular weight is 270 g/mol. The summed E-state index contributed by atoms with van der Waals surface area (Å²) in [7, 11) is 0. The van der Waals surface area contributed by atoms with E-state index >= 15 is 0 Å². The summed E-state index contributed by atoms with van der Waals surface area (Å²) in [6.07, 6.45) is 5.59. The van der Waals surface area contributed by atoms with E-state index < -0.39 is 0 Å². The molecular formula is C15H18N4O. The number of hydrogen-bond acceptors (Lipinski definition) is 4. The molecule has 2 aliphatic rings. The number of rotatable bonds is 3. The van der Waals surface area contributed by atoms with Crippen LogP contribution in [-0.2, 0) is 4.79 Å². The monoisotopic (exact) mass is 270 g/mol. The summed E-state index contributed by atoms with van der Waals surface area (Å²) in [5.74, 6) is 0.327. The molecule has 104 valence electrons. The first-order valence-corrected chi connectivity index (χ1v) is 7.18. The summed E-state index contributed by atoms with van der Waals surface area (Å²) >= 11 is 0. The third-order valence-corrected chi connectivity index (χ3v) is 4.02. The average Bonchev–Trinajstić information content (AvgIpc) is 3.31. The summed E-state index contributed by atoms with van der Waals surface area (Å²) in [6.45, 7) is 1.62. The lowest BCUT2D eigenvalue weighted by molar-refractivity contribution is -0.125. The Morgan fingerprint density at radius 2 is 2.10 bits per heavy atom. The molecule has 0 spiro atoms. The maximum absolute atomic E-state index is 12.0. The number of piperidine rings is 1. The fourth-order valence-electron chi connectivity index (χ4n) is 2.67. The molecule has 1 saturated heterocycles. The molecule has 0 unspecified atom stereocenters. The van der Waals surface area contributed by atoms with Gasteiger partial charge < -0.3 is 10.2 Å². The Bertz CT molecular complexity index is 539. The van der Waals surface area contributed by atoms with Gasteiger partial charge in [-0.3, -0.25) is 4.79 Å². The lowest BCUT2D eigenvalue weighted by Crippen LogP contribution is -2.41. The summed E-state index contributed by atoms with van der Waals surface area (Å²) in [4.78, 5) is 18.3. The van der Waals surface area contributed by atoms with Crippen molar-refractivity contribution in [2.45, 2.75) is 31.7 Å². The summed E-state index contributed by atoms with van der Waals surface area (Å²) in [5, 5.41) is 12.2. The van der Waals surface area contributed by atoms with E-state index in [1.54, 1.807) is 6.20 Å². The normalized spacial score (nSPS) is 19.4. The summed E-state index contributed by atoms with van der Waals surface area (Å²) < 4.78 is 0. The molecule has 1 aromatic rings. The number of pyridine rings is 1. The van der Waals surface area contributed by atoms with E-state index in [9.17, 15) is 4.79 Å². The van der Waals surface area contributed by atoms with Gasteiger partial charge in [0.2, 0.25) is 5.91 Å². The Balaban J connectivity index is 1.60. The van der Waals surface area contributed by atoms with Crippen LogP contribution in [0.4, 0.5) is 5.69 Å². The number of amides is 1. The Hall–Kier alpha value is -2.09. The number of hydrogen-bond donors (Lipinski definition) is 1. The van der Waals surface area contributed by atoms with Crippen molar-refractivity contribution >= 4 is 11.6 Å². The van der Waals surface area contributed by atoms with Crippen molar-refractivity contribution in [3.8, 4) is 6.07 Å².